The second-order valence-electron chi connectivity index (χ2n) is 3.04. The van der Waals surface area contributed by atoms with E-state index in [2.05, 4.69) is 26.0 Å². The number of nitrogens with one attached hydrogen (secondary N) is 1. The van der Waals surface area contributed by atoms with Gasteiger partial charge in [-0.2, -0.15) is 0 Å². The van der Waals surface area contributed by atoms with Gasteiger partial charge in [0.25, 0.3) is 5.91 Å². The first-order valence-electron chi connectivity index (χ1n) is 4.74. The number of esters is 1. The fourth-order valence-corrected chi connectivity index (χ4v) is 2.36. The van der Waals surface area contributed by atoms with Crippen molar-refractivity contribution in [3.8, 4) is 0 Å². The number of halogens is 1. The minimum absolute atomic E-state index is 0.111. The minimum Gasteiger partial charge on any atom is -0.469 e. The molecule has 4 nitrogen and oxygen atoms in total. The van der Waals surface area contributed by atoms with Crippen LogP contribution in [-0.2, 0) is 9.53 Å². The molecule has 0 saturated heterocycles. The largest absolute Gasteiger partial charge is 0.469 e. The van der Waals surface area contributed by atoms with Crippen molar-refractivity contribution in [3.63, 3.8) is 0 Å². The van der Waals surface area contributed by atoms with Gasteiger partial charge in [-0.05, 0) is 34.5 Å². The van der Waals surface area contributed by atoms with Crippen LogP contribution in [0.1, 0.15) is 22.5 Å². The Hall–Kier alpha value is -0.880. The molecule has 0 aliphatic rings. The lowest BCUT2D eigenvalue weighted by Gasteiger charge is -2.02. The monoisotopic (exact) mass is 305 g/mol. The van der Waals surface area contributed by atoms with E-state index in [0.717, 1.165) is 3.79 Å². The highest BCUT2D eigenvalue weighted by atomic mass is 79.9. The van der Waals surface area contributed by atoms with E-state index in [9.17, 15) is 9.59 Å². The molecule has 16 heavy (non-hydrogen) atoms. The Bertz CT molecular complexity index is 378. The Kier molecular flexibility index (Phi) is 5.48. The summed E-state index contributed by atoms with van der Waals surface area (Å²) >= 11 is 4.67. The van der Waals surface area contributed by atoms with E-state index in [-0.39, 0.29) is 11.9 Å². The van der Waals surface area contributed by atoms with Crippen LogP contribution in [0.2, 0.25) is 0 Å². The van der Waals surface area contributed by atoms with Crippen LogP contribution < -0.4 is 5.32 Å². The lowest BCUT2D eigenvalue weighted by Crippen LogP contribution is -2.24. The summed E-state index contributed by atoms with van der Waals surface area (Å²) in [6.07, 6.45) is 0.913. The fourth-order valence-electron chi connectivity index (χ4n) is 1.06. The molecule has 0 unspecified atom stereocenters. The fraction of sp³-hybridized carbons (Fsp3) is 0.400. The average Bonchev–Trinajstić information content (AvgIpc) is 2.70. The molecule has 0 radical (unpaired) electrons. The number of carbonyl (C=O) groups is 2. The van der Waals surface area contributed by atoms with Crippen LogP contribution >= 0.6 is 27.3 Å². The molecule has 1 aromatic rings. The van der Waals surface area contributed by atoms with Gasteiger partial charge in [0.2, 0.25) is 0 Å². The summed E-state index contributed by atoms with van der Waals surface area (Å²) in [5, 5.41) is 2.73. The van der Waals surface area contributed by atoms with Crippen molar-refractivity contribution in [1.82, 2.24) is 5.32 Å². The van der Waals surface area contributed by atoms with Crippen LogP contribution in [0.4, 0.5) is 0 Å². The Morgan fingerprint density at radius 2 is 2.25 bits per heavy atom. The lowest BCUT2D eigenvalue weighted by atomic mass is 10.3. The van der Waals surface area contributed by atoms with E-state index < -0.39 is 0 Å². The Morgan fingerprint density at radius 3 is 2.81 bits per heavy atom. The third-order valence-corrected chi connectivity index (χ3v) is 3.49. The first-order chi connectivity index (χ1) is 7.63. The molecule has 1 N–H and O–H groups in total. The first kappa shape index (κ1) is 13.2. The molecule has 6 heteroatoms. The van der Waals surface area contributed by atoms with E-state index >= 15 is 0 Å². The summed E-state index contributed by atoms with van der Waals surface area (Å²) < 4.78 is 5.41. The topological polar surface area (TPSA) is 55.4 Å². The van der Waals surface area contributed by atoms with Crippen LogP contribution in [0, 0.1) is 0 Å². The number of hydrogen-bond acceptors (Lipinski definition) is 4. The second-order valence-corrected chi connectivity index (χ2v) is 5.50. The molecule has 0 aliphatic heterocycles. The normalized spacial score (nSPS) is 9.88. The molecular weight excluding hydrogens is 294 g/mol. The number of thiophene rings is 1. The summed E-state index contributed by atoms with van der Waals surface area (Å²) in [5.41, 5.74) is 0. The molecule has 0 atom stereocenters. The summed E-state index contributed by atoms with van der Waals surface area (Å²) in [6, 6.07) is 3.58. The third kappa shape index (κ3) is 4.32. The van der Waals surface area contributed by atoms with Gasteiger partial charge in [-0.3, -0.25) is 9.59 Å². The van der Waals surface area contributed by atoms with Crippen LogP contribution in [0.15, 0.2) is 15.9 Å². The Labute approximate surface area is 106 Å². The van der Waals surface area contributed by atoms with Crippen molar-refractivity contribution < 1.29 is 14.3 Å². The van der Waals surface area contributed by atoms with Crippen LogP contribution in [0.25, 0.3) is 0 Å². The number of carbonyl (C=O) groups excluding carboxylic acids is 2. The van der Waals surface area contributed by atoms with E-state index in [4.69, 9.17) is 0 Å². The zero-order chi connectivity index (χ0) is 12.0. The van der Waals surface area contributed by atoms with E-state index in [0.29, 0.717) is 24.3 Å². The molecule has 0 fully saturated rings. The molecule has 0 bridgehead atoms. The highest BCUT2D eigenvalue weighted by Crippen LogP contribution is 2.21. The van der Waals surface area contributed by atoms with Crippen LogP contribution in [0.5, 0.6) is 0 Å². The van der Waals surface area contributed by atoms with Gasteiger partial charge < -0.3 is 10.1 Å². The molecule has 1 heterocycles. The summed E-state index contributed by atoms with van der Waals surface area (Å²) in [7, 11) is 1.35. The predicted molar refractivity (Wildman–Crippen MR) is 65.6 cm³/mol. The van der Waals surface area contributed by atoms with Crippen LogP contribution in [0.3, 0.4) is 0 Å². The van der Waals surface area contributed by atoms with Gasteiger partial charge in [-0.25, -0.2) is 0 Å². The SMILES string of the molecule is COC(=O)CCCNC(=O)c1ccc(Br)s1. The third-order valence-electron chi connectivity index (χ3n) is 1.87. The zero-order valence-corrected chi connectivity index (χ0v) is 11.2. The van der Waals surface area contributed by atoms with Crippen molar-refractivity contribution in [2.45, 2.75) is 12.8 Å². The van der Waals surface area contributed by atoms with Crippen LogP contribution in [-0.4, -0.2) is 25.5 Å². The minimum atomic E-state index is -0.256. The van der Waals surface area contributed by atoms with Crippen molar-refractivity contribution in [2.75, 3.05) is 13.7 Å². The summed E-state index contributed by atoms with van der Waals surface area (Å²) in [5.74, 6) is -0.367. The smallest absolute Gasteiger partial charge is 0.305 e. The van der Waals surface area contributed by atoms with E-state index in [1.807, 2.05) is 6.07 Å². The average molecular weight is 306 g/mol. The molecule has 1 amide bonds. The summed E-state index contributed by atoms with van der Waals surface area (Å²) in [6.45, 7) is 0.476. The Balaban J connectivity index is 2.23. The first-order valence-corrected chi connectivity index (χ1v) is 6.35. The highest BCUT2D eigenvalue weighted by molar-refractivity contribution is 9.11. The van der Waals surface area contributed by atoms with Gasteiger partial charge in [-0.1, -0.05) is 0 Å². The number of ether oxygens (including phenoxy) is 1. The second kappa shape index (κ2) is 6.65. The van der Waals surface area contributed by atoms with Gasteiger partial charge in [0.1, 0.15) is 0 Å². The maximum atomic E-state index is 11.5. The zero-order valence-electron chi connectivity index (χ0n) is 8.79. The quantitative estimate of drug-likeness (QED) is 0.670. The predicted octanol–water partition coefficient (Wildman–Crippen LogP) is 2.19. The molecule has 1 aromatic heterocycles. The van der Waals surface area contributed by atoms with Gasteiger partial charge in [0, 0.05) is 13.0 Å². The standard InChI is InChI=1S/C10H12BrNO3S/c1-15-9(13)3-2-6-12-10(14)7-4-5-8(11)16-7/h4-5H,2-3,6H2,1H3,(H,12,14). The summed E-state index contributed by atoms with van der Waals surface area (Å²) in [4.78, 5) is 23.0. The number of hydrogen-bond donors (Lipinski definition) is 1. The van der Waals surface area contributed by atoms with Gasteiger partial charge in [0.05, 0.1) is 15.8 Å². The van der Waals surface area contributed by atoms with Gasteiger partial charge >= 0.3 is 5.97 Å². The Morgan fingerprint density at radius 1 is 1.50 bits per heavy atom. The molecule has 1 rings (SSSR count). The van der Waals surface area contributed by atoms with E-state index in [1.165, 1.54) is 18.4 Å². The molecule has 0 saturated carbocycles. The lowest BCUT2D eigenvalue weighted by molar-refractivity contribution is -0.140. The van der Waals surface area contributed by atoms with Gasteiger partial charge in [-0.15, -0.1) is 11.3 Å². The number of methoxy groups -OCH3 is 1. The number of rotatable bonds is 5. The van der Waals surface area contributed by atoms with Crippen molar-refractivity contribution in [1.29, 1.82) is 0 Å². The molecule has 88 valence electrons. The molecular formula is C10H12BrNO3S. The molecule has 0 aliphatic carbocycles. The number of amides is 1. The highest BCUT2D eigenvalue weighted by Gasteiger charge is 2.07. The molecule has 0 spiro atoms. The van der Waals surface area contributed by atoms with E-state index in [1.54, 1.807) is 6.07 Å². The van der Waals surface area contributed by atoms with Crippen molar-refractivity contribution >= 4 is 39.1 Å². The van der Waals surface area contributed by atoms with Crippen molar-refractivity contribution in [3.05, 3.63) is 20.8 Å². The molecule has 0 aromatic carbocycles. The van der Waals surface area contributed by atoms with Crippen molar-refractivity contribution in [2.24, 2.45) is 0 Å². The van der Waals surface area contributed by atoms with Gasteiger partial charge in [0.15, 0.2) is 0 Å². The maximum absolute atomic E-state index is 11.5. The maximum Gasteiger partial charge on any atom is 0.305 e.